The SMILES string of the molecule is CCCC(C)(C)C(=O)OC1C2CC3C1OC(=O)C3(C(F)(F)F)C2. The third-order valence-corrected chi connectivity index (χ3v) is 5.74. The second-order valence-electron chi connectivity index (χ2n) is 7.65. The molecule has 2 aliphatic carbocycles. The molecule has 0 aromatic carbocycles. The van der Waals surface area contributed by atoms with Gasteiger partial charge in [0.1, 0.15) is 12.2 Å². The van der Waals surface area contributed by atoms with Gasteiger partial charge >= 0.3 is 18.1 Å². The lowest BCUT2D eigenvalue weighted by Gasteiger charge is -2.34. The fourth-order valence-corrected chi connectivity index (χ4v) is 4.57. The third kappa shape index (κ3) is 2.11. The van der Waals surface area contributed by atoms with Crippen LogP contribution in [0.4, 0.5) is 13.2 Å². The van der Waals surface area contributed by atoms with Gasteiger partial charge in [0.2, 0.25) is 0 Å². The summed E-state index contributed by atoms with van der Waals surface area (Å²) in [4.78, 5) is 24.2. The molecule has 1 aliphatic heterocycles. The Balaban J connectivity index is 1.79. The third-order valence-electron chi connectivity index (χ3n) is 5.74. The number of rotatable bonds is 4. The molecule has 0 radical (unpaired) electrons. The van der Waals surface area contributed by atoms with Crippen LogP contribution in [0.1, 0.15) is 46.5 Å². The number of fused-ring (bicyclic) bond motifs is 1. The number of alkyl halides is 3. The number of hydrogen-bond donors (Lipinski definition) is 0. The van der Waals surface area contributed by atoms with E-state index in [1.807, 2.05) is 6.92 Å². The summed E-state index contributed by atoms with van der Waals surface area (Å²) in [6.07, 6.45) is -4.99. The molecule has 0 spiro atoms. The maximum Gasteiger partial charge on any atom is 0.405 e. The Kier molecular flexibility index (Phi) is 3.51. The van der Waals surface area contributed by atoms with Gasteiger partial charge in [-0.2, -0.15) is 13.2 Å². The van der Waals surface area contributed by atoms with Crippen molar-refractivity contribution in [3.63, 3.8) is 0 Å². The lowest BCUT2D eigenvalue weighted by molar-refractivity contribution is -0.231. The van der Waals surface area contributed by atoms with Crippen LogP contribution in [0.3, 0.4) is 0 Å². The minimum atomic E-state index is -4.62. The van der Waals surface area contributed by atoms with Gasteiger partial charge < -0.3 is 9.47 Å². The van der Waals surface area contributed by atoms with Crippen molar-refractivity contribution in [1.82, 2.24) is 0 Å². The van der Waals surface area contributed by atoms with Crippen molar-refractivity contribution in [2.45, 2.75) is 64.8 Å². The highest BCUT2D eigenvalue weighted by molar-refractivity contribution is 5.83. The van der Waals surface area contributed by atoms with E-state index in [9.17, 15) is 22.8 Å². The number of esters is 2. The molecule has 0 N–H and O–H groups in total. The highest BCUT2D eigenvalue weighted by atomic mass is 19.4. The first-order chi connectivity index (χ1) is 10.5. The van der Waals surface area contributed by atoms with E-state index in [0.29, 0.717) is 6.42 Å². The van der Waals surface area contributed by atoms with Gasteiger partial charge in [0.25, 0.3) is 0 Å². The Morgan fingerprint density at radius 2 is 2.04 bits per heavy atom. The molecule has 2 bridgehead atoms. The molecule has 1 heterocycles. The van der Waals surface area contributed by atoms with E-state index in [1.165, 1.54) is 0 Å². The molecule has 4 nitrogen and oxygen atoms in total. The van der Waals surface area contributed by atoms with Crippen LogP contribution in [0, 0.1) is 22.7 Å². The summed E-state index contributed by atoms with van der Waals surface area (Å²) in [5.74, 6) is -3.02. The summed E-state index contributed by atoms with van der Waals surface area (Å²) >= 11 is 0. The first-order valence-electron chi connectivity index (χ1n) is 8.03. The molecule has 130 valence electrons. The lowest BCUT2D eigenvalue weighted by atomic mass is 9.73. The fraction of sp³-hybridized carbons (Fsp3) is 0.875. The second-order valence-corrected chi connectivity index (χ2v) is 7.65. The smallest absolute Gasteiger partial charge is 0.405 e. The fourth-order valence-electron chi connectivity index (χ4n) is 4.57. The quantitative estimate of drug-likeness (QED) is 0.741. The zero-order valence-electron chi connectivity index (χ0n) is 13.4. The Hall–Kier alpha value is -1.27. The molecule has 7 heteroatoms. The minimum Gasteiger partial charge on any atom is -0.458 e. The average molecular weight is 334 g/mol. The van der Waals surface area contributed by atoms with Crippen LogP contribution < -0.4 is 0 Å². The van der Waals surface area contributed by atoms with Crippen molar-refractivity contribution in [2.24, 2.45) is 22.7 Å². The molecule has 3 aliphatic rings. The molecular formula is C16H21F3O4. The van der Waals surface area contributed by atoms with Gasteiger partial charge in [0.05, 0.1) is 5.41 Å². The minimum absolute atomic E-state index is 0.224. The predicted molar refractivity (Wildman–Crippen MR) is 73.2 cm³/mol. The molecule has 0 aromatic rings. The van der Waals surface area contributed by atoms with Gasteiger partial charge in [-0.25, -0.2) is 0 Å². The summed E-state index contributed by atoms with van der Waals surface area (Å²) in [6, 6.07) is 0. The van der Waals surface area contributed by atoms with Gasteiger partial charge in [-0.3, -0.25) is 9.59 Å². The summed E-state index contributed by atoms with van der Waals surface area (Å²) in [7, 11) is 0. The van der Waals surface area contributed by atoms with Crippen molar-refractivity contribution in [1.29, 1.82) is 0 Å². The Labute approximate surface area is 132 Å². The van der Waals surface area contributed by atoms with Crippen LogP contribution in [0.15, 0.2) is 0 Å². The van der Waals surface area contributed by atoms with Crippen molar-refractivity contribution in [3.05, 3.63) is 0 Å². The van der Waals surface area contributed by atoms with Crippen LogP contribution in [0.25, 0.3) is 0 Å². The van der Waals surface area contributed by atoms with Gasteiger partial charge in [-0.1, -0.05) is 13.3 Å². The van der Waals surface area contributed by atoms with Crippen LogP contribution in [0.2, 0.25) is 0 Å². The van der Waals surface area contributed by atoms with E-state index in [4.69, 9.17) is 9.47 Å². The molecule has 5 unspecified atom stereocenters. The highest BCUT2D eigenvalue weighted by Crippen LogP contribution is 2.67. The zero-order valence-corrected chi connectivity index (χ0v) is 13.4. The van der Waals surface area contributed by atoms with E-state index in [-0.39, 0.29) is 12.8 Å². The van der Waals surface area contributed by atoms with Crippen molar-refractivity contribution in [3.8, 4) is 0 Å². The van der Waals surface area contributed by atoms with E-state index in [2.05, 4.69) is 0 Å². The van der Waals surface area contributed by atoms with Gasteiger partial charge in [-0.05, 0) is 33.1 Å². The molecular weight excluding hydrogens is 313 g/mol. The normalized spacial score (nSPS) is 38.8. The van der Waals surface area contributed by atoms with Crippen LogP contribution in [0.5, 0.6) is 0 Å². The molecule has 5 atom stereocenters. The Morgan fingerprint density at radius 3 is 2.61 bits per heavy atom. The lowest BCUT2D eigenvalue weighted by Crippen LogP contribution is -2.49. The average Bonchev–Trinajstić information content (AvgIpc) is 3.00. The molecule has 0 amide bonds. The monoisotopic (exact) mass is 334 g/mol. The van der Waals surface area contributed by atoms with Crippen LogP contribution >= 0.6 is 0 Å². The molecule has 23 heavy (non-hydrogen) atoms. The predicted octanol–water partition coefficient (Wildman–Crippen LogP) is 3.24. The summed E-state index contributed by atoms with van der Waals surface area (Å²) in [6.45, 7) is 5.46. The van der Waals surface area contributed by atoms with Crippen molar-refractivity contribution in [2.75, 3.05) is 0 Å². The molecule has 1 saturated heterocycles. The van der Waals surface area contributed by atoms with Crippen molar-refractivity contribution >= 4 is 11.9 Å². The van der Waals surface area contributed by atoms with Crippen LogP contribution in [-0.4, -0.2) is 30.3 Å². The number of carbonyl (C=O) groups is 2. The zero-order chi connectivity index (χ0) is 17.2. The number of carbonyl (C=O) groups excluding carboxylic acids is 2. The van der Waals surface area contributed by atoms with E-state index in [1.54, 1.807) is 13.8 Å². The largest absolute Gasteiger partial charge is 0.458 e. The molecule has 0 aromatic heterocycles. The van der Waals surface area contributed by atoms with Gasteiger partial charge in [-0.15, -0.1) is 0 Å². The summed E-state index contributed by atoms with van der Waals surface area (Å²) in [5.41, 5.74) is -3.08. The number of halogens is 3. The maximum atomic E-state index is 13.4. The first kappa shape index (κ1) is 16.6. The van der Waals surface area contributed by atoms with Crippen molar-refractivity contribution < 1.29 is 32.2 Å². The number of hydrogen-bond acceptors (Lipinski definition) is 4. The maximum absolute atomic E-state index is 13.4. The van der Waals surface area contributed by atoms with E-state index in [0.717, 1.165) is 6.42 Å². The van der Waals surface area contributed by atoms with E-state index < -0.39 is 53.0 Å². The number of ether oxygens (including phenoxy) is 2. The summed E-state index contributed by atoms with van der Waals surface area (Å²) < 4.78 is 50.8. The highest BCUT2D eigenvalue weighted by Gasteiger charge is 2.80. The second kappa shape index (κ2) is 4.86. The van der Waals surface area contributed by atoms with Gasteiger partial charge in [0.15, 0.2) is 5.41 Å². The first-order valence-corrected chi connectivity index (χ1v) is 8.03. The Bertz CT molecular complexity index is 542. The topological polar surface area (TPSA) is 52.6 Å². The molecule has 3 fully saturated rings. The molecule has 3 rings (SSSR count). The standard InChI is InChI=1S/C16H21F3O4/c1-4-5-14(2,3)12(20)22-10-8-6-9-11(10)23-13(21)15(9,7-8)16(17,18)19/h8-11H,4-7H2,1-3H3. The van der Waals surface area contributed by atoms with Crippen LogP contribution in [-0.2, 0) is 19.1 Å². The molecule has 2 saturated carbocycles. The van der Waals surface area contributed by atoms with E-state index >= 15 is 0 Å². The Morgan fingerprint density at radius 1 is 1.39 bits per heavy atom. The summed E-state index contributed by atoms with van der Waals surface area (Å²) in [5, 5.41) is 0. The van der Waals surface area contributed by atoms with Gasteiger partial charge in [0, 0.05) is 11.8 Å².